The van der Waals surface area contributed by atoms with Gasteiger partial charge in [0, 0.05) is 30.3 Å². The van der Waals surface area contributed by atoms with E-state index in [0.717, 1.165) is 17.2 Å². The van der Waals surface area contributed by atoms with E-state index >= 15 is 0 Å². The second-order valence-corrected chi connectivity index (χ2v) is 5.34. The van der Waals surface area contributed by atoms with Crippen LogP contribution in [0.15, 0.2) is 24.3 Å². The number of anilines is 1. The maximum absolute atomic E-state index is 4.75. The third-order valence-corrected chi connectivity index (χ3v) is 3.62. The number of hydrogen-bond acceptors (Lipinski definition) is 3. The molecule has 98 valence electrons. The third-order valence-electron chi connectivity index (χ3n) is 3.62. The minimum Gasteiger partial charge on any atom is -0.373 e. The number of nitrogens with zero attached hydrogens (tertiary/aromatic N) is 2. The molecule has 1 aliphatic carbocycles. The maximum atomic E-state index is 4.75. The predicted octanol–water partition coefficient (Wildman–Crippen LogP) is 3.68. The first-order valence-corrected chi connectivity index (χ1v) is 6.81. The summed E-state index contributed by atoms with van der Waals surface area (Å²) >= 11 is 0. The van der Waals surface area contributed by atoms with Crippen molar-refractivity contribution in [3.8, 4) is 11.4 Å². The van der Waals surface area contributed by atoms with E-state index in [1.54, 1.807) is 0 Å². The van der Waals surface area contributed by atoms with Gasteiger partial charge in [-0.05, 0) is 32.3 Å². The summed E-state index contributed by atoms with van der Waals surface area (Å²) in [5.74, 6) is 2.39. The molecular formula is C16H19N3. The molecule has 19 heavy (non-hydrogen) atoms. The zero-order valence-corrected chi connectivity index (χ0v) is 11.7. The summed E-state index contributed by atoms with van der Waals surface area (Å²) in [5, 5.41) is 3.14. The molecule has 3 nitrogen and oxygen atoms in total. The second kappa shape index (κ2) is 4.65. The second-order valence-electron chi connectivity index (χ2n) is 5.34. The first-order chi connectivity index (χ1) is 9.17. The Labute approximate surface area is 114 Å². The minimum atomic E-state index is 0.639. The molecule has 3 rings (SSSR count). The summed E-state index contributed by atoms with van der Waals surface area (Å²) in [6.45, 7) is 4.23. The molecular weight excluding hydrogens is 234 g/mol. The Morgan fingerprint density at radius 1 is 1.11 bits per heavy atom. The Kier molecular flexibility index (Phi) is 2.97. The first-order valence-electron chi connectivity index (χ1n) is 6.81. The van der Waals surface area contributed by atoms with Crippen molar-refractivity contribution in [1.82, 2.24) is 9.97 Å². The van der Waals surface area contributed by atoms with E-state index in [0.29, 0.717) is 5.92 Å². The topological polar surface area (TPSA) is 37.8 Å². The zero-order chi connectivity index (χ0) is 13.4. The van der Waals surface area contributed by atoms with Crippen molar-refractivity contribution in [3.05, 3.63) is 41.1 Å². The smallest absolute Gasteiger partial charge is 0.162 e. The van der Waals surface area contributed by atoms with E-state index in [1.165, 1.54) is 29.7 Å². The highest BCUT2D eigenvalue weighted by molar-refractivity contribution is 5.62. The highest BCUT2D eigenvalue weighted by Gasteiger charge is 2.26. The summed E-state index contributed by atoms with van der Waals surface area (Å²) in [7, 11) is 1.91. The molecule has 0 bridgehead atoms. The zero-order valence-electron chi connectivity index (χ0n) is 11.7. The highest BCUT2D eigenvalue weighted by Crippen LogP contribution is 2.40. The van der Waals surface area contributed by atoms with Crippen LogP contribution in [0.3, 0.4) is 0 Å². The van der Waals surface area contributed by atoms with Gasteiger partial charge in [0.25, 0.3) is 0 Å². The van der Waals surface area contributed by atoms with Crippen LogP contribution in [0.25, 0.3) is 11.4 Å². The minimum absolute atomic E-state index is 0.639. The van der Waals surface area contributed by atoms with Crippen molar-refractivity contribution in [2.45, 2.75) is 32.6 Å². The Balaban J connectivity index is 2.10. The summed E-state index contributed by atoms with van der Waals surface area (Å²) in [6.07, 6.45) is 2.51. The summed E-state index contributed by atoms with van der Waals surface area (Å²) < 4.78 is 0. The number of benzene rings is 1. The lowest BCUT2D eigenvalue weighted by Crippen LogP contribution is -2.01. The molecule has 0 amide bonds. The van der Waals surface area contributed by atoms with Crippen molar-refractivity contribution in [1.29, 1.82) is 0 Å². The maximum Gasteiger partial charge on any atom is 0.162 e. The molecule has 1 heterocycles. The Morgan fingerprint density at radius 3 is 2.53 bits per heavy atom. The van der Waals surface area contributed by atoms with E-state index in [-0.39, 0.29) is 0 Å². The molecule has 0 radical (unpaired) electrons. The summed E-state index contributed by atoms with van der Waals surface area (Å²) in [4.78, 5) is 9.35. The number of nitrogens with one attached hydrogen (secondary N) is 1. The van der Waals surface area contributed by atoms with Crippen LogP contribution in [-0.4, -0.2) is 17.0 Å². The molecule has 1 fully saturated rings. The van der Waals surface area contributed by atoms with Gasteiger partial charge in [-0.25, -0.2) is 9.97 Å². The van der Waals surface area contributed by atoms with Crippen molar-refractivity contribution in [3.63, 3.8) is 0 Å². The van der Waals surface area contributed by atoms with Crippen molar-refractivity contribution < 1.29 is 0 Å². The van der Waals surface area contributed by atoms with Gasteiger partial charge in [0.2, 0.25) is 0 Å². The molecule has 0 unspecified atom stereocenters. The van der Waals surface area contributed by atoms with E-state index in [2.05, 4.69) is 48.4 Å². The van der Waals surface area contributed by atoms with Gasteiger partial charge < -0.3 is 5.32 Å². The Bertz CT molecular complexity index is 615. The van der Waals surface area contributed by atoms with Crippen molar-refractivity contribution in [2.75, 3.05) is 12.4 Å². The van der Waals surface area contributed by atoms with Crippen LogP contribution >= 0.6 is 0 Å². The lowest BCUT2D eigenvalue weighted by atomic mass is 10.0. The van der Waals surface area contributed by atoms with Gasteiger partial charge in [-0.2, -0.15) is 0 Å². The fourth-order valence-corrected chi connectivity index (χ4v) is 2.37. The number of hydrogen-bond donors (Lipinski definition) is 1. The fraction of sp³-hybridized carbons (Fsp3) is 0.375. The van der Waals surface area contributed by atoms with Gasteiger partial charge in [-0.1, -0.05) is 23.8 Å². The molecule has 1 N–H and O–H groups in total. The number of aryl methyl sites for hydroxylation is 2. The van der Waals surface area contributed by atoms with E-state index in [9.17, 15) is 0 Å². The van der Waals surface area contributed by atoms with E-state index in [4.69, 9.17) is 4.98 Å². The molecule has 0 spiro atoms. The lowest BCUT2D eigenvalue weighted by Gasteiger charge is -2.10. The molecule has 1 aromatic carbocycles. The van der Waals surface area contributed by atoms with Gasteiger partial charge in [0.1, 0.15) is 5.82 Å². The molecule has 1 aromatic heterocycles. The highest BCUT2D eigenvalue weighted by atomic mass is 15.0. The van der Waals surface area contributed by atoms with Crippen molar-refractivity contribution >= 4 is 5.82 Å². The van der Waals surface area contributed by atoms with Gasteiger partial charge in [-0.3, -0.25) is 0 Å². The van der Waals surface area contributed by atoms with Crippen LogP contribution in [0.4, 0.5) is 5.82 Å². The molecule has 1 aliphatic rings. The molecule has 3 heteroatoms. The van der Waals surface area contributed by atoms with Crippen LogP contribution in [-0.2, 0) is 0 Å². The summed E-state index contributed by atoms with van der Waals surface area (Å²) in [5.41, 5.74) is 4.81. The molecule has 2 aromatic rings. The molecule has 0 atom stereocenters. The quantitative estimate of drug-likeness (QED) is 0.906. The first kappa shape index (κ1) is 12.2. The van der Waals surface area contributed by atoms with Crippen LogP contribution < -0.4 is 5.32 Å². The van der Waals surface area contributed by atoms with Crippen LogP contribution in [0.2, 0.25) is 0 Å². The Morgan fingerprint density at radius 2 is 1.89 bits per heavy atom. The van der Waals surface area contributed by atoms with Crippen LogP contribution in [0.1, 0.15) is 35.6 Å². The lowest BCUT2D eigenvalue weighted by molar-refractivity contribution is 0.993. The fourth-order valence-electron chi connectivity index (χ4n) is 2.37. The number of aromatic nitrogens is 2. The van der Waals surface area contributed by atoms with Crippen LogP contribution in [0, 0.1) is 13.8 Å². The van der Waals surface area contributed by atoms with Gasteiger partial charge >= 0.3 is 0 Å². The van der Waals surface area contributed by atoms with Gasteiger partial charge in [0.15, 0.2) is 5.82 Å². The Hall–Kier alpha value is -1.90. The molecule has 0 aliphatic heterocycles. The van der Waals surface area contributed by atoms with E-state index < -0.39 is 0 Å². The largest absolute Gasteiger partial charge is 0.373 e. The van der Waals surface area contributed by atoms with Gasteiger partial charge in [-0.15, -0.1) is 0 Å². The average molecular weight is 253 g/mol. The number of rotatable bonds is 3. The van der Waals surface area contributed by atoms with Crippen molar-refractivity contribution in [2.24, 2.45) is 0 Å². The normalized spacial score (nSPS) is 14.5. The van der Waals surface area contributed by atoms with Gasteiger partial charge in [0.05, 0.1) is 0 Å². The van der Waals surface area contributed by atoms with E-state index in [1.807, 2.05) is 7.05 Å². The average Bonchev–Trinajstić information content (AvgIpc) is 3.22. The SMILES string of the molecule is CNc1cc(C2CC2)nc(-c2ccc(C)cc2C)n1. The monoisotopic (exact) mass is 253 g/mol. The molecule has 1 saturated carbocycles. The summed E-state index contributed by atoms with van der Waals surface area (Å²) in [6, 6.07) is 8.50. The van der Waals surface area contributed by atoms with Crippen LogP contribution in [0.5, 0.6) is 0 Å². The molecule has 0 saturated heterocycles. The third kappa shape index (κ3) is 2.46. The standard InChI is InChI=1S/C16H19N3/c1-10-4-7-13(11(2)8-10)16-18-14(12-5-6-12)9-15(17-3)19-16/h4,7-9,12H,5-6H2,1-3H3,(H,17,18,19). The predicted molar refractivity (Wildman–Crippen MR) is 78.5 cm³/mol.